The van der Waals surface area contributed by atoms with Gasteiger partial charge in [0.15, 0.2) is 0 Å². The molecule has 20 heavy (non-hydrogen) atoms. The zero-order valence-electron chi connectivity index (χ0n) is 12.4. The van der Waals surface area contributed by atoms with E-state index >= 15 is 0 Å². The van der Waals surface area contributed by atoms with Crippen LogP contribution in [0.5, 0.6) is 0 Å². The third-order valence-corrected chi connectivity index (χ3v) is 2.53. The van der Waals surface area contributed by atoms with Crippen LogP contribution >= 0.6 is 0 Å². The standard InChI is InChI=1S/C14H22N4O2/c1-9(2)8-20-18-13(15)17-14(19)16-12-10(3)6-5-7-11(12)4/h5-7,9H,8H2,1-4H3,(H4,15,16,17,18,19). The van der Waals surface area contributed by atoms with Gasteiger partial charge in [-0.25, -0.2) is 4.79 Å². The van der Waals surface area contributed by atoms with Crippen LogP contribution < -0.4 is 16.4 Å². The van der Waals surface area contributed by atoms with Gasteiger partial charge in [-0.1, -0.05) is 32.0 Å². The number of anilines is 1. The monoisotopic (exact) mass is 278 g/mol. The molecule has 0 aliphatic rings. The van der Waals surface area contributed by atoms with Crippen LogP contribution in [0.25, 0.3) is 0 Å². The van der Waals surface area contributed by atoms with Crippen LogP contribution in [0.4, 0.5) is 10.5 Å². The van der Waals surface area contributed by atoms with Crippen LogP contribution in [-0.4, -0.2) is 18.6 Å². The average Bonchev–Trinajstić information content (AvgIpc) is 2.33. The highest BCUT2D eigenvalue weighted by Gasteiger charge is 2.08. The van der Waals surface area contributed by atoms with E-state index in [9.17, 15) is 4.79 Å². The van der Waals surface area contributed by atoms with E-state index in [0.717, 1.165) is 16.8 Å². The number of carbonyl (C=O) groups is 1. The van der Waals surface area contributed by atoms with Crippen molar-refractivity contribution in [2.24, 2.45) is 16.8 Å². The van der Waals surface area contributed by atoms with Crippen LogP contribution in [0.3, 0.4) is 0 Å². The van der Waals surface area contributed by atoms with Crippen molar-refractivity contribution < 1.29 is 9.63 Å². The van der Waals surface area contributed by atoms with Gasteiger partial charge in [-0.05, 0) is 36.0 Å². The Labute approximate surface area is 119 Å². The third kappa shape index (κ3) is 5.17. The van der Waals surface area contributed by atoms with Gasteiger partial charge in [0.25, 0.3) is 0 Å². The maximum absolute atomic E-state index is 11.8. The molecule has 0 heterocycles. The van der Waals surface area contributed by atoms with Crippen molar-refractivity contribution in [3.05, 3.63) is 29.3 Å². The van der Waals surface area contributed by atoms with Gasteiger partial charge in [0.05, 0.1) is 0 Å². The Kier molecular flexibility index (Phi) is 5.83. The van der Waals surface area contributed by atoms with Crippen LogP contribution in [0.2, 0.25) is 0 Å². The quantitative estimate of drug-likeness (QED) is 0.448. The normalized spacial score (nSPS) is 11.3. The fourth-order valence-electron chi connectivity index (χ4n) is 1.55. The molecule has 0 aromatic heterocycles. The van der Waals surface area contributed by atoms with E-state index in [2.05, 4.69) is 15.8 Å². The number of hydrogen-bond acceptors (Lipinski definition) is 3. The first-order valence-corrected chi connectivity index (χ1v) is 6.49. The molecular weight excluding hydrogens is 256 g/mol. The van der Waals surface area contributed by atoms with Crippen LogP contribution in [-0.2, 0) is 4.84 Å². The lowest BCUT2D eigenvalue weighted by atomic mass is 10.1. The number of amides is 2. The number of oxime groups is 1. The molecule has 1 rings (SSSR count). The lowest BCUT2D eigenvalue weighted by molar-refractivity contribution is 0.117. The third-order valence-electron chi connectivity index (χ3n) is 2.53. The van der Waals surface area contributed by atoms with Gasteiger partial charge >= 0.3 is 6.03 Å². The van der Waals surface area contributed by atoms with Crippen molar-refractivity contribution in [2.75, 3.05) is 11.9 Å². The highest BCUT2D eigenvalue weighted by molar-refractivity contribution is 6.02. The maximum Gasteiger partial charge on any atom is 0.326 e. The minimum atomic E-state index is -0.447. The Bertz CT molecular complexity index is 478. The Hall–Kier alpha value is -2.24. The number of nitrogens with two attached hydrogens (primary N) is 1. The van der Waals surface area contributed by atoms with Gasteiger partial charge < -0.3 is 15.9 Å². The molecule has 0 bridgehead atoms. The van der Waals surface area contributed by atoms with Crippen molar-refractivity contribution in [2.45, 2.75) is 27.7 Å². The summed E-state index contributed by atoms with van der Waals surface area (Å²) in [5, 5.41) is 8.76. The number of benzene rings is 1. The Morgan fingerprint density at radius 2 is 1.95 bits per heavy atom. The van der Waals surface area contributed by atoms with Gasteiger partial charge in [-0.3, -0.25) is 5.32 Å². The number of nitrogens with one attached hydrogen (secondary N) is 2. The van der Waals surface area contributed by atoms with Crippen molar-refractivity contribution >= 4 is 17.7 Å². The second-order valence-electron chi connectivity index (χ2n) is 5.01. The number of guanidine groups is 1. The van der Waals surface area contributed by atoms with Crippen LogP contribution in [0.15, 0.2) is 23.4 Å². The first kappa shape index (κ1) is 15.8. The minimum absolute atomic E-state index is 0.0746. The molecule has 0 radical (unpaired) electrons. The van der Waals surface area contributed by atoms with Crippen molar-refractivity contribution in [3.63, 3.8) is 0 Å². The number of nitrogens with zero attached hydrogens (tertiary/aromatic N) is 1. The van der Waals surface area contributed by atoms with E-state index in [1.165, 1.54) is 0 Å². The zero-order valence-corrected chi connectivity index (χ0v) is 12.4. The molecular formula is C14H22N4O2. The molecule has 2 amide bonds. The molecule has 110 valence electrons. The predicted octanol–water partition coefficient (Wildman–Crippen LogP) is 2.33. The smallest absolute Gasteiger partial charge is 0.326 e. The topological polar surface area (TPSA) is 88.7 Å². The Morgan fingerprint density at radius 3 is 2.50 bits per heavy atom. The molecule has 0 unspecified atom stereocenters. The molecule has 0 saturated carbocycles. The molecule has 0 spiro atoms. The predicted molar refractivity (Wildman–Crippen MR) is 80.5 cm³/mol. The Balaban J connectivity index is 2.55. The molecule has 1 aromatic rings. The van der Waals surface area contributed by atoms with E-state index in [0.29, 0.717) is 12.5 Å². The molecule has 0 aliphatic heterocycles. The summed E-state index contributed by atoms with van der Waals surface area (Å²) in [4.78, 5) is 16.8. The summed E-state index contributed by atoms with van der Waals surface area (Å²) in [6, 6.07) is 5.33. The molecule has 6 heteroatoms. The minimum Gasteiger partial charge on any atom is -0.393 e. The number of hydrogen-bond donors (Lipinski definition) is 3. The van der Waals surface area contributed by atoms with Gasteiger partial charge in [0, 0.05) is 5.69 Å². The molecule has 0 fully saturated rings. The molecule has 0 saturated heterocycles. The van der Waals surface area contributed by atoms with Gasteiger partial charge in [0.1, 0.15) is 6.61 Å². The molecule has 0 atom stereocenters. The number of para-hydroxylation sites is 1. The number of aryl methyl sites for hydroxylation is 2. The summed E-state index contributed by atoms with van der Waals surface area (Å²) in [6.07, 6.45) is 0. The Morgan fingerprint density at radius 1 is 1.35 bits per heavy atom. The lowest BCUT2D eigenvalue weighted by Crippen LogP contribution is -2.40. The number of rotatable bonds is 4. The number of carbonyl (C=O) groups excluding carboxylic acids is 1. The second-order valence-corrected chi connectivity index (χ2v) is 5.01. The average molecular weight is 278 g/mol. The van der Waals surface area contributed by atoms with Gasteiger partial charge in [0.2, 0.25) is 5.96 Å². The summed E-state index contributed by atoms with van der Waals surface area (Å²) < 4.78 is 0. The summed E-state index contributed by atoms with van der Waals surface area (Å²) in [5.41, 5.74) is 8.27. The molecule has 0 aliphatic carbocycles. The fraction of sp³-hybridized carbons (Fsp3) is 0.429. The molecule has 4 N–H and O–H groups in total. The SMILES string of the molecule is Cc1cccc(C)c1NC(=O)N/C(N)=N/OCC(C)C. The van der Waals surface area contributed by atoms with E-state index < -0.39 is 6.03 Å². The summed E-state index contributed by atoms with van der Waals surface area (Å²) in [7, 11) is 0. The summed E-state index contributed by atoms with van der Waals surface area (Å²) in [5.74, 6) is 0.268. The van der Waals surface area contributed by atoms with Crippen LogP contribution in [0.1, 0.15) is 25.0 Å². The molecule has 1 aromatic carbocycles. The largest absolute Gasteiger partial charge is 0.393 e. The van der Waals surface area contributed by atoms with Crippen molar-refractivity contribution in [3.8, 4) is 0 Å². The fourth-order valence-corrected chi connectivity index (χ4v) is 1.55. The maximum atomic E-state index is 11.8. The summed E-state index contributed by atoms with van der Waals surface area (Å²) >= 11 is 0. The lowest BCUT2D eigenvalue weighted by Gasteiger charge is -2.12. The molecule has 6 nitrogen and oxygen atoms in total. The first-order chi connectivity index (χ1) is 9.40. The van der Waals surface area contributed by atoms with Gasteiger partial charge in [-0.2, -0.15) is 0 Å². The van der Waals surface area contributed by atoms with Gasteiger partial charge in [-0.15, -0.1) is 0 Å². The first-order valence-electron chi connectivity index (χ1n) is 6.49. The highest BCUT2D eigenvalue weighted by Crippen LogP contribution is 2.18. The van der Waals surface area contributed by atoms with E-state index in [1.54, 1.807) is 0 Å². The summed E-state index contributed by atoms with van der Waals surface area (Å²) in [6.45, 7) is 8.28. The number of urea groups is 1. The van der Waals surface area contributed by atoms with E-state index in [-0.39, 0.29) is 5.96 Å². The van der Waals surface area contributed by atoms with Crippen molar-refractivity contribution in [1.82, 2.24) is 5.32 Å². The second kappa shape index (κ2) is 7.37. The zero-order chi connectivity index (χ0) is 15.1. The van der Waals surface area contributed by atoms with Crippen molar-refractivity contribution in [1.29, 1.82) is 0 Å². The van der Waals surface area contributed by atoms with E-state index in [1.807, 2.05) is 45.9 Å². The van der Waals surface area contributed by atoms with E-state index in [4.69, 9.17) is 10.6 Å². The highest BCUT2D eigenvalue weighted by atomic mass is 16.6. The van der Waals surface area contributed by atoms with Crippen LogP contribution in [0, 0.1) is 19.8 Å².